The number of benzene rings is 1. The van der Waals surface area contributed by atoms with Crippen LogP contribution in [-0.2, 0) is 17.9 Å². The molecule has 1 atom stereocenters. The van der Waals surface area contributed by atoms with E-state index in [0.29, 0.717) is 6.54 Å². The van der Waals surface area contributed by atoms with Crippen LogP contribution >= 0.6 is 11.3 Å². The fourth-order valence-electron chi connectivity index (χ4n) is 3.78. The second-order valence-corrected chi connectivity index (χ2v) is 8.94. The Morgan fingerprint density at radius 2 is 2.04 bits per heavy atom. The van der Waals surface area contributed by atoms with Crippen molar-refractivity contribution in [1.82, 2.24) is 10.2 Å². The number of nitrogens with zero attached hydrogens (tertiary/aromatic N) is 1. The van der Waals surface area contributed by atoms with E-state index in [4.69, 9.17) is 4.74 Å². The smallest absolute Gasteiger partial charge is 0.223 e. The van der Waals surface area contributed by atoms with E-state index >= 15 is 0 Å². The van der Waals surface area contributed by atoms with Crippen molar-refractivity contribution in [2.75, 3.05) is 13.6 Å². The van der Waals surface area contributed by atoms with E-state index < -0.39 is 0 Å². The number of hydrogen-bond donors (Lipinski definition) is 1. The molecule has 1 aliphatic carbocycles. The molecule has 1 N–H and O–H groups in total. The van der Waals surface area contributed by atoms with Gasteiger partial charge < -0.3 is 10.1 Å². The predicted octanol–water partition coefficient (Wildman–Crippen LogP) is 4.84. The number of amides is 1. The Morgan fingerprint density at radius 3 is 2.79 bits per heavy atom. The molecule has 0 bridgehead atoms. The lowest BCUT2D eigenvalue weighted by Gasteiger charge is -2.22. The lowest BCUT2D eigenvalue weighted by atomic mass is 9.89. The molecule has 1 fully saturated rings. The number of carbonyl (C=O) groups excluding carboxylic acids is 1. The summed E-state index contributed by atoms with van der Waals surface area (Å²) in [4.78, 5) is 16.0. The highest BCUT2D eigenvalue weighted by atomic mass is 32.1. The largest absolute Gasteiger partial charge is 0.489 e. The van der Waals surface area contributed by atoms with E-state index in [-0.39, 0.29) is 17.9 Å². The minimum atomic E-state index is -0.0494. The maximum absolute atomic E-state index is 12.3. The van der Waals surface area contributed by atoms with Gasteiger partial charge >= 0.3 is 0 Å². The van der Waals surface area contributed by atoms with E-state index in [2.05, 4.69) is 46.9 Å². The van der Waals surface area contributed by atoms with Crippen molar-refractivity contribution in [3.63, 3.8) is 0 Å². The number of ether oxygens (including phenoxy) is 1. The summed E-state index contributed by atoms with van der Waals surface area (Å²) in [5, 5.41) is 5.19. The van der Waals surface area contributed by atoms with Gasteiger partial charge in [0.15, 0.2) is 0 Å². The highest BCUT2D eigenvalue weighted by Crippen LogP contribution is 2.23. The monoisotopic (exact) mass is 400 g/mol. The van der Waals surface area contributed by atoms with Gasteiger partial charge in [0, 0.05) is 23.9 Å². The molecule has 0 spiro atoms. The van der Waals surface area contributed by atoms with Crippen LogP contribution in [0.25, 0.3) is 0 Å². The first-order valence-corrected chi connectivity index (χ1v) is 11.2. The molecule has 1 aliphatic rings. The minimum Gasteiger partial charge on any atom is -0.489 e. The highest BCUT2D eigenvalue weighted by Gasteiger charge is 2.21. The first-order valence-electron chi connectivity index (χ1n) is 10.3. The van der Waals surface area contributed by atoms with Gasteiger partial charge in [-0.2, -0.15) is 0 Å². The average Bonchev–Trinajstić information content (AvgIpc) is 3.20. The second-order valence-electron chi connectivity index (χ2n) is 7.91. The third-order valence-corrected chi connectivity index (χ3v) is 6.09. The zero-order valence-corrected chi connectivity index (χ0v) is 17.8. The van der Waals surface area contributed by atoms with Crippen LogP contribution in [-0.4, -0.2) is 30.5 Å². The number of thiophene rings is 1. The van der Waals surface area contributed by atoms with Crippen LogP contribution < -0.4 is 10.1 Å². The van der Waals surface area contributed by atoms with Crippen LogP contribution in [0.2, 0.25) is 0 Å². The van der Waals surface area contributed by atoms with Crippen molar-refractivity contribution < 1.29 is 9.53 Å². The van der Waals surface area contributed by atoms with Gasteiger partial charge in [-0.3, -0.25) is 9.69 Å². The molecule has 1 aromatic carbocycles. The normalized spacial score (nSPS) is 16.1. The Kier molecular flexibility index (Phi) is 7.92. The van der Waals surface area contributed by atoms with Crippen molar-refractivity contribution >= 4 is 17.2 Å². The molecule has 28 heavy (non-hydrogen) atoms. The Morgan fingerprint density at radius 1 is 1.21 bits per heavy atom. The minimum absolute atomic E-state index is 0.0494. The maximum Gasteiger partial charge on any atom is 0.223 e. The number of hydrogen-bond acceptors (Lipinski definition) is 4. The molecule has 3 rings (SSSR count). The van der Waals surface area contributed by atoms with Crippen LogP contribution in [0, 0.1) is 5.92 Å². The summed E-state index contributed by atoms with van der Waals surface area (Å²) >= 11 is 1.79. The molecule has 1 aromatic heterocycles. The number of rotatable bonds is 9. The summed E-state index contributed by atoms with van der Waals surface area (Å²) in [7, 11) is 2.14. The number of nitrogens with one attached hydrogen (secondary N) is 1. The Balaban J connectivity index is 1.44. The molecule has 5 heteroatoms. The standard InChI is InChI=1S/C23H32N2O2S/c1-18(15-24-23(26)20-9-4-3-5-10-20)27-21-11-6-8-19(14-21)16-25(2)17-22-12-7-13-28-22/h6-8,11-14,18,20H,3-5,9-10,15-17H2,1-2H3,(H,24,26)/t18-/m1/s1. The van der Waals surface area contributed by atoms with Crippen LogP contribution in [0.4, 0.5) is 0 Å². The van der Waals surface area contributed by atoms with Gasteiger partial charge in [0.1, 0.15) is 11.9 Å². The molecular weight excluding hydrogens is 368 g/mol. The van der Waals surface area contributed by atoms with Gasteiger partial charge in [0.2, 0.25) is 5.91 Å². The van der Waals surface area contributed by atoms with Crippen LogP contribution in [0.3, 0.4) is 0 Å². The SMILES string of the molecule is C[C@H](CNC(=O)C1CCCCC1)Oc1cccc(CN(C)Cc2cccs2)c1. The average molecular weight is 401 g/mol. The summed E-state index contributed by atoms with van der Waals surface area (Å²) in [6.45, 7) is 4.39. The first-order chi connectivity index (χ1) is 13.6. The summed E-state index contributed by atoms with van der Waals surface area (Å²) < 4.78 is 6.05. The van der Waals surface area contributed by atoms with Gasteiger partial charge in [-0.1, -0.05) is 37.5 Å². The molecule has 1 amide bonds. The van der Waals surface area contributed by atoms with Gasteiger partial charge in [-0.25, -0.2) is 0 Å². The van der Waals surface area contributed by atoms with E-state index in [0.717, 1.165) is 31.7 Å². The van der Waals surface area contributed by atoms with Crippen LogP contribution in [0.15, 0.2) is 41.8 Å². The Bertz CT molecular complexity index is 726. The van der Waals surface area contributed by atoms with E-state index in [9.17, 15) is 4.79 Å². The lowest BCUT2D eigenvalue weighted by molar-refractivity contribution is -0.126. The van der Waals surface area contributed by atoms with Gasteiger partial charge in [0.25, 0.3) is 0 Å². The molecule has 2 aromatic rings. The highest BCUT2D eigenvalue weighted by molar-refractivity contribution is 7.09. The lowest BCUT2D eigenvalue weighted by Crippen LogP contribution is -2.38. The van der Waals surface area contributed by atoms with E-state index in [1.54, 1.807) is 11.3 Å². The molecule has 152 valence electrons. The topological polar surface area (TPSA) is 41.6 Å². The Hall–Kier alpha value is -1.85. The quantitative estimate of drug-likeness (QED) is 0.655. The molecule has 0 aliphatic heterocycles. The van der Waals surface area contributed by atoms with Gasteiger partial charge in [0.05, 0.1) is 6.54 Å². The van der Waals surface area contributed by atoms with Crippen molar-refractivity contribution in [3.8, 4) is 5.75 Å². The zero-order valence-electron chi connectivity index (χ0n) is 17.0. The molecule has 1 heterocycles. The van der Waals surface area contributed by atoms with Gasteiger partial charge in [-0.05, 0) is 56.0 Å². The third kappa shape index (κ3) is 6.64. The maximum atomic E-state index is 12.3. The fourth-order valence-corrected chi connectivity index (χ4v) is 4.56. The fraction of sp³-hybridized carbons (Fsp3) is 0.522. The van der Waals surface area contributed by atoms with Crippen molar-refractivity contribution in [2.45, 2.75) is 58.2 Å². The molecule has 4 nitrogen and oxygen atoms in total. The van der Waals surface area contributed by atoms with Crippen molar-refractivity contribution in [2.24, 2.45) is 5.92 Å². The first kappa shape index (κ1) is 20.9. The van der Waals surface area contributed by atoms with Crippen molar-refractivity contribution in [3.05, 3.63) is 52.2 Å². The van der Waals surface area contributed by atoms with E-state index in [1.165, 1.54) is 29.7 Å². The molecular formula is C23H32N2O2S. The van der Waals surface area contributed by atoms with Crippen LogP contribution in [0.5, 0.6) is 5.75 Å². The summed E-state index contributed by atoms with van der Waals surface area (Å²) in [6.07, 6.45) is 5.63. The molecule has 0 saturated heterocycles. The zero-order chi connectivity index (χ0) is 19.8. The Labute approximate surface area is 172 Å². The van der Waals surface area contributed by atoms with Gasteiger partial charge in [-0.15, -0.1) is 11.3 Å². The summed E-state index contributed by atoms with van der Waals surface area (Å²) in [5.41, 5.74) is 1.23. The summed E-state index contributed by atoms with van der Waals surface area (Å²) in [6, 6.07) is 12.5. The molecule has 0 radical (unpaired) electrons. The predicted molar refractivity (Wildman–Crippen MR) is 116 cm³/mol. The summed E-state index contributed by atoms with van der Waals surface area (Å²) in [5.74, 6) is 1.25. The number of carbonyl (C=O) groups is 1. The van der Waals surface area contributed by atoms with Crippen LogP contribution in [0.1, 0.15) is 49.5 Å². The van der Waals surface area contributed by atoms with E-state index in [1.807, 2.05) is 19.1 Å². The van der Waals surface area contributed by atoms with Crippen molar-refractivity contribution in [1.29, 1.82) is 0 Å². The third-order valence-electron chi connectivity index (χ3n) is 5.23. The molecule has 1 saturated carbocycles. The second kappa shape index (κ2) is 10.6. The molecule has 0 unspecified atom stereocenters.